The largest absolute Gasteiger partial charge is 0.282 e. The number of hydrogen-bond donors (Lipinski definition) is 1. The lowest BCUT2D eigenvalue weighted by atomic mass is 10.3. The minimum Gasteiger partial charge on any atom is -0.282 e. The van der Waals surface area contributed by atoms with Crippen LogP contribution in [0.5, 0.6) is 0 Å². The molecule has 1 N–H and O–H groups in total. The molecule has 17 heavy (non-hydrogen) atoms. The van der Waals surface area contributed by atoms with Crippen molar-refractivity contribution in [2.75, 3.05) is 22.1 Å². The smallest absolute Gasteiger partial charge is 0.232 e. The summed E-state index contributed by atoms with van der Waals surface area (Å²) in [5, 5.41) is 0. The van der Waals surface area contributed by atoms with Gasteiger partial charge in [-0.3, -0.25) is 4.72 Å². The van der Waals surface area contributed by atoms with Gasteiger partial charge in [-0.1, -0.05) is 19.1 Å². The Labute approximate surface area is 112 Å². The van der Waals surface area contributed by atoms with Crippen LogP contribution in [-0.2, 0) is 10.0 Å². The molecule has 0 saturated carbocycles. The standard InChI is InChI=1S/C11H16ClNO2S2/c1-2-16-11-7-4-3-6-10(11)13-17(14,15)9-5-8-12/h3-4,6-7,13H,2,5,8-9H2,1H3. The van der Waals surface area contributed by atoms with Gasteiger partial charge >= 0.3 is 0 Å². The zero-order chi connectivity index (χ0) is 12.7. The quantitative estimate of drug-likeness (QED) is 0.620. The van der Waals surface area contributed by atoms with Crippen LogP contribution in [0.4, 0.5) is 5.69 Å². The van der Waals surface area contributed by atoms with Crippen LogP contribution in [-0.4, -0.2) is 25.8 Å². The number of rotatable bonds is 7. The molecule has 1 aromatic carbocycles. The van der Waals surface area contributed by atoms with Crippen molar-refractivity contribution in [2.24, 2.45) is 0 Å². The molecule has 96 valence electrons. The van der Waals surface area contributed by atoms with Gasteiger partial charge < -0.3 is 0 Å². The molecule has 0 spiro atoms. The first-order valence-corrected chi connectivity index (χ1v) is 8.54. The lowest BCUT2D eigenvalue weighted by Gasteiger charge is -2.11. The molecule has 6 heteroatoms. The molecule has 0 aliphatic heterocycles. The third kappa shape index (κ3) is 5.19. The number of halogens is 1. The van der Waals surface area contributed by atoms with Crippen LogP contribution in [0.3, 0.4) is 0 Å². The van der Waals surface area contributed by atoms with Crippen molar-refractivity contribution in [3.8, 4) is 0 Å². The van der Waals surface area contributed by atoms with Gasteiger partial charge in [-0.05, 0) is 24.3 Å². The van der Waals surface area contributed by atoms with Gasteiger partial charge in [-0.2, -0.15) is 0 Å². The Kier molecular flexibility index (Phi) is 6.16. The molecule has 3 nitrogen and oxygen atoms in total. The van der Waals surface area contributed by atoms with E-state index in [1.165, 1.54) is 0 Å². The average Bonchev–Trinajstić information content (AvgIpc) is 2.29. The van der Waals surface area contributed by atoms with E-state index in [4.69, 9.17) is 11.6 Å². The van der Waals surface area contributed by atoms with Crippen molar-refractivity contribution >= 4 is 39.1 Å². The Balaban J connectivity index is 2.80. The second-order valence-electron chi connectivity index (χ2n) is 3.39. The first-order valence-electron chi connectivity index (χ1n) is 5.37. The van der Waals surface area contributed by atoms with E-state index < -0.39 is 10.0 Å². The molecule has 0 saturated heterocycles. The van der Waals surface area contributed by atoms with Gasteiger partial charge in [0.05, 0.1) is 11.4 Å². The minimum absolute atomic E-state index is 0.0572. The monoisotopic (exact) mass is 293 g/mol. The fourth-order valence-corrected chi connectivity index (χ4v) is 3.55. The lowest BCUT2D eigenvalue weighted by Crippen LogP contribution is -2.17. The average molecular weight is 294 g/mol. The Morgan fingerprint density at radius 1 is 1.35 bits per heavy atom. The van der Waals surface area contributed by atoms with Gasteiger partial charge in [0.25, 0.3) is 0 Å². The van der Waals surface area contributed by atoms with E-state index in [0.29, 0.717) is 18.0 Å². The first-order chi connectivity index (χ1) is 8.09. The molecule has 0 fully saturated rings. The summed E-state index contributed by atoms with van der Waals surface area (Å²) < 4.78 is 26.1. The fourth-order valence-electron chi connectivity index (χ4n) is 1.30. The zero-order valence-electron chi connectivity index (χ0n) is 9.65. The van der Waals surface area contributed by atoms with Crippen molar-refractivity contribution in [2.45, 2.75) is 18.2 Å². The van der Waals surface area contributed by atoms with E-state index in [9.17, 15) is 8.42 Å². The van der Waals surface area contributed by atoms with Crippen LogP contribution >= 0.6 is 23.4 Å². The first kappa shape index (κ1) is 14.7. The number of hydrogen-bond acceptors (Lipinski definition) is 3. The number of para-hydroxylation sites is 1. The van der Waals surface area contributed by atoms with Crippen molar-refractivity contribution < 1.29 is 8.42 Å². The van der Waals surface area contributed by atoms with Crippen LogP contribution in [0.1, 0.15) is 13.3 Å². The fraction of sp³-hybridized carbons (Fsp3) is 0.455. The predicted molar refractivity (Wildman–Crippen MR) is 75.6 cm³/mol. The third-order valence-corrected chi connectivity index (χ3v) is 4.58. The van der Waals surface area contributed by atoms with E-state index in [1.54, 1.807) is 17.8 Å². The van der Waals surface area contributed by atoms with Crippen LogP contribution in [0.15, 0.2) is 29.2 Å². The summed E-state index contributed by atoms with van der Waals surface area (Å²) in [5.41, 5.74) is 0.647. The van der Waals surface area contributed by atoms with Crippen LogP contribution in [0.2, 0.25) is 0 Å². The summed E-state index contributed by atoms with van der Waals surface area (Å²) in [4.78, 5) is 0.949. The number of sulfonamides is 1. The molecule has 0 aliphatic carbocycles. The number of anilines is 1. The molecule has 1 aromatic rings. The lowest BCUT2D eigenvalue weighted by molar-refractivity contribution is 0.600. The van der Waals surface area contributed by atoms with Crippen LogP contribution in [0.25, 0.3) is 0 Å². The van der Waals surface area contributed by atoms with E-state index in [2.05, 4.69) is 4.72 Å². The van der Waals surface area contributed by atoms with Gasteiger partial charge in [0.1, 0.15) is 0 Å². The normalized spacial score (nSPS) is 11.4. The second-order valence-corrected chi connectivity index (χ2v) is 6.92. The molecule has 0 aliphatic rings. The summed E-state index contributed by atoms with van der Waals surface area (Å²) in [7, 11) is -3.29. The highest BCUT2D eigenvalue weighted by Gasteiger charge is 2.12. The maximum absolute atomic E-state index is 11.7. The summed E-state index contributed by atoms with van der Waals surface area (Å²) >= 11 is 7.11. The van der Waals surface area contributed by atoms with Gasteiger partial charge in [0, 0.05) is 10.8 Å². The molecule has 0 atom stereocenters. The number of alkyl halides is 1. The molecule has 0 bridgehead atoms. The van der Waals surface area contributed by atoms with E-state index in [-0.39, 0.29) is 5.75 Å². The highest BCUT2D eigenvalue weighted by atomic mass is 35.5. The summed E-state index contributed by atoms with van der Waals surface area (Å²) in [6, 6.07) is 7.40. The molecule has 0 radical (unpaired) electrons. The maximum atomic E-state index is 11.7. The highest BCUT2D eigenvalue weighted by molar-refractivity contribution is 7.99. The molecule has 0 unspecified atom stereocenters. The molecule has 0 amide bonds. The summed E-state index contributed by atoms with van der Waals surface area (Å²) in [6.45, 7) is 2.03. The van der Waals surface area contributed by atoms with E-state index in [0.717, 1.165) is 10.6 Å². The van der Waals surface area contributed by atoms with Crippen molar-refractivity contribution in [3.63, 3.8) is 0 Å². The third-order valence-electron chi connectivity index (χ3n) is 2.00. The van der Waals surface area contributed by atoms with Gasteiger partial charge in [0.2, 0.25) is 10.0 Å². The minimum atomic E-state index is -3.29. The topological polar surface area (TPSA) is 46.2 Å². The second kappa shape index (κ2) is 7.13. The zero-order valence-corrected chi connectivity index (χ0v) is 12.0. The van der Waals surface area contributed by atoms with Gasteiger partial charge in [-0.25, -0.2) is 8.42 Å². The Bertz CT molecular complexity index is 449. The summed E-state index contributed by atoms with van der Waals surface area (Å²) in [5.74, 6) is 1.31. The predicted octanol–water partition coefficient (Wildman–Crippen LogP) is 3.17. The molecular formula is C11H16ClNO2S2. The number of nitrogens with one attached hydrogen (secondary N) is 1. The van der Waals surface area contributed by atoms with Crippen molar-refractivity contribution in [1.29, 1.82) is 0 Å². The van der Waals surface area contributed by atoms with Crippen molar-refractivity contribution in [1.82, 2.24) is 0 Å². The maximum Gasteiger partial charge on any atom is 0.232 e. The molecular weight excluding hydrogens is 278 g/mol. The number of benzene rings is 1. The summed E-state index contributed by atoms with van der Waals surface area (Å²) in [6.07, 6.45) is 0.458. The highest BCUT2D eigenvalue weighted by Crippen LogP contribution is 2.27. The SMILES string of the molecule is CCSc1ccccc1NS(=O)(=O)CCCCl. The van der Waals surface area contributed by atoms with Crippen LogP contribution < -0.4 is 4.72 Å². The van der Waals surface area contributed by atoms with E-state index >= 15 is 0 Å². The van der Waals surface area contributed by atoms with E-state index in [1.807, 2.05) is 25.1 Å². The Hall–Kier alpha value is -0.390. The Morgan fingerprint density at radius 3 is 2.71 bits per heavy atom. The molecule has 1 rings (SSSR count). The number of thioether (sulfide) groups is 1. The molecule has 0 aromatic heterocycles. The van der Waals surface area contributed by atoms with Gasteiger partial charge in [-0.15, -0.1) is 23.4 Å². The van der Waals surface area contributed by atoms with Gasteiger partial charge in [0.15, 0.2) is 0 Å². The Morgan fingerprint density at radius 2 is 2.06 bits per heavy atom. The van der Waals surface area contributed by atoms with Crippen LogP contribution in [0, 0.1) is 0 Å². The molecule has 0 heterocycles. The van der Waals surface area contributed by atoms with Crippen molar-refractivity contribution in [3.05, 3.63) is 24.3 Å².